The first kappa shape index (κ1) is 35.3. The lowest BCUT2D eigenvalue weighted by Gasteiger charge is -2.40. The van der Waals surface area contributed by atoms with Gasteiger partial charge in [0.2, 0.25) is 0 Å². The SMILES string of the molecule is Clc1ccc(CO[C@@H]2CCC[C@H]2NC(c2ccccc2)(c2ccccc2)c2ccccc2)cc1.N[C@@H]1CCC[C@H]1OCc1ccc(Cl)cc1. The monoisotopic (exact) mass is 692 g/mol. The maximum atomic E-state index is 6.49. The van der Waals surface area contributed by atoms with Gasteiger partial charge in [0.25, 0.3) is 0 Å². The van der Waals surface area contributed by atoms with Gasteiger partial charge in [-0.1, -0.05) is 138 Å². The normalized spacial score (nSPS) is 20.5. The van der Waals surface area contributed by atoms with Gasteiger partial charge in [-0.05, 0) is 90.6 Å². The van der Waals surface area contributed by atoms with Gasteiger partial charge in [-0.25, -0.2) is 0 Å². The molecule has 3 N–H and O–H groups in total. The number of halogens is 2. The lowest BCUT2D eigenvalue weighted by molar-refractivity contribution is 0.0234. The molecule has 0 aliphatic heterocycles. The summed E-state index contributed by atoms with van der Waals surface area (Å²) in [7, 11) is 0. The fraction of sp³-hybridized carbons (Fsp3) is 0.302. The van der Waals surface area contributed by atoms with Crippen LogP contribution < -0.4 is 11.1 Å². The molecule has 2 saturated carbocycles. The number of benzene rings is 5. The Morgan fingerprint density at radius 2 is 0.939 bits per heavy atom. The fourth-order valence-electron chi connectivity index (χ4n) is 7.11. The van der Waals surface area contributed by atoms with Crippen molar-refractivity contribution >= 4 is 23.2 Å². The van der Waals surface area contributed by atoms with Crippen LogP contribution in [-0.4, -0.2) is 24.3 Å². The molecule has 0 heterocycles. The van der Waals surface area contributed by atoms with Gasteiger partial charge in [0, 0.05) is 22.1 Å². The summed E-state index contributed by atoms with van der Waals surface area (Å²) >= 11 is 11.9. The van der Waals surface area contributed by atoms with Crippen molar-refractivity contribution in [2.45, 2.75) is 81.6 Å². The van der Waals surface area contributed by atoms with Crippen molar-refractivity contribution in [1.82, 2.24) is 5.32 Å². The molecule has 0 unspecified atom stereocenters. The van der Waals surface area contributed by atoms with Crippen LogP contribution in [0.25, 0.3) is 0 Å². The lowest BCUT2D eigenvalue weighted by atomic mass is 9.76. The smallest absolute Gasteiger partial charge is 0.0950 e. The Hall–Kier alpha value is -3.48. The molecule has 5 aromatic carbocycles. The Balaban J connectivity index is 0.000000232. The maximum Gasteiger partial charge on any atom is 0.0950 e. The van der Waals surface area contributed by atoms with Gasteiger partial charge in [-0.15, -0.1) is 0 Å². The summed E-state index contributed by atoms with van der Waals surface area (Å²) in [5.41, 5.74) is 11.4. The van der Waals surface area contributed by atoms with Crippen molar-refractivity contribution in [2.24, 2.45) is 5.73 Å². The largest absolute Gasteiger partial charge is 0.372 e. The van der Waals surface area contributed by atoms with Crippen molar-refractivity contribution in [3.8, 4) is 0 Å². The summed E-state index contributed by atoms with van der Waals surface area (Å²) < 4.78 is 12.3. The van der Waals surface area contributed by atoms with Gasteiger partial charge < -0.3 is 15.2 Å². The minimum Gasteiger partial charge on any atom is -0.372 e. The van der Waals surface area contributed by atoms with Gasteiger partial charge in [0.05, 0.1) is 31.0 Å². The third-order valence-electron chi connectivity index (χ3n) is 9.73. The molecule has 7 rings (SSSR count). The number of rotatable bonds is 11. The van der Waals surface area contributed by atoms with E-state index in [9.17, 15) is 0 Å². The second-order valence-corrected chi connectivity index (χ2v) is 13.9. The zero-order valence-electron chi connectivity index (χ0n) is 27.9. The molecule has 4 nitrogen and oxygen atoms in total. The van der Waals surface area contributed by atoms with Gasteiger partial charge in [-0.3, -0.25) is 5.32 Å². The third kappa shape index (κ3) is 9.20. The zero-order chi connectivity index (χ0) is 33.9. The summed E-state index contributed by atoms with van der Waals surface area (Å²) in [6.07, 6.45) is 7.04. The molecule has 2 aliphatic rings. The quantitative estimate of drug-likeness (QED) is 0.135. The van der Waals surface area contributed by atoms with Gasteiger partial charge in [-0.2, -0.15) is 0 Å². The third-order valence-corrected chi connectivity index (χ3v) is 10.2. The van der Waals surface area contributed by atoms with Gasteiger partial charge in [0.15, 0.2) is 0 Å². The van der Waals surface area contributed by atoms with E-state index in [2.05, 4.69) is 96.3 Å². The van der Waals surface area contributed by atoms with Gasteiger partial charge in [0.1, 0.15) is 0 Å². The number of ether oxygens (including phenoxy) is 2. The highest BCUT2D eigenvalue weighted by atomic mass is 35.5. The molecule has 0 saturated heterocycles. The molecule has 0 amide bonds. The first-order valence-corrected chi connectivity index (χ1v) is 18.2. The van der Waals surface area contributed by atoms with Crippen LogP contribution in [-0.2, 0) is 28.2 Å². The zero-order valence-corrected chi connectivity index (χ0v) is 29.4. The van der Waals surface area contributed by atoms with E-state index in [0.717, 1.165) is 53.3 Å². The molecular formula is C43H46Cl2N2O2. The van der Waals surface area contributed by atoms with Crippen LogP contribution in [0.3, 0.4) is 0 Å². The Bertz CT molecular complexity index is 1590. The molecule has 0 spiro atoms. The van der Waals surface area contributed by atoms with Gasteiger partial charge >= 0.3 is 0 Å². The van der Waals surface area contributed by atoms with E-state index in [-0.39, 0.29) is 24.3 Å². The van der Waals surface area contributed by atoms with E-state index in [4.69, 9.17) is 38.4 Å². The number of nitrogens with one attached hydrogen (secondary N) is 1. The van der Waals surface area contributed by atoms with E-state index >= 15 is 0 Å². The summed E-state index contributed by atoms with van der Waals surface area (Å²) in [5, 5.41) is 5.64. The Kier molecular flexibility index (Phi) is 12.6. The number of hydrogen-bond acceptors (Lipinski definition) is 4. The van der Waals surface area contributed by atoms with Crippen molar-refractivity contribution in [3.05, 3.63) is 177 Å². The number of nitrogens with two attached hydrogens (primary N) is 1. The van der Waals surface area contributed by atoms with Crippen molar-refractivity contribution in [1.29, 1.82) is 0 Å². The molecule has 0 bridgehead atoms. The van der Waals surface area contributed by atoms with E-state index < -0.39 is 5.54 Å². The fourth-order valence-corrected chi connectivity index (χ4v) is 7.36. The molecular weight excluding hydrogens is 647 g/mol. The molecule has 4 atom stereocenters. The average Bonchev–Trinajstić information content (AvgIpc) is 3.79. The van der Waals surface area contributed by atoms with E-state index in [0.29, 0.717) is 13.2 Å². The molecule has 0 aromatic heterocycles. The minimum atomic E-state index is -0.472. The van der Waals surface area contributed by atoms with E-state index in [1.165, 1.54) is 23.1 Å². The van der Waals surface area contributed by atoms with E-state index in [1.807, 2.05) is 48.5 Å². The van der Waals surface area contributed by atoms with Crippen molar-refractivity contribution in [2.75, 3.05) is 0 Å². The van der Waals surface area contributed by atoms with Crippen molar-refractivity contribution < 1.29 is 9.47 Å². The highest BCUT2D eigenvalue weighted by Crippen LogP contribution is 2.39. The maximum absolute atomic E-state index is 6.49. The molecule has 5 aromatic rings. The Morgan fingerprint density at radius 1 is 0.531 bits per heavy atom. The summed E-state index contributed by atoms with van der Waals surface area (Å²) in [4.78, 5) is 0. The Labute approximate surface area is 301 Å². The summed E-state index contributed by atoms with van der Waals surface area (Å²) in [6.45, 7) is 1.23. The summed E-state index contributed by atoms with van der Waals surface area (Å²) in [5.74, 6) is 0. The number of hydrogen-bond donors (Lipinski definition) is 2. The Morgan fingerprint density at radius 3 is 1.37 bits per heavy atom. The lowest BCUT2D eigenvalue weighted by Crippen LogP contribution is -2.52. The van der Waals surface area contributed by atoms with Crippen LogP contribution in [0.1, 0.15) is 66.3 Å². The highest BCUT2D eigenvalue weighted by molar-refractivity contribution is 6.30. The van der Waals surface area contributed by atoms with Crippen LogP contribution in [0, 0.1) is 0 Å². The first-order chi connectivity index (χ1) is 24.0. The minimum absolute atomic E-state index is 0.145. The molecule has 6 heteroatoms. The molecule has 2 aliphatic carbocycles. The second kappa shape index (κ2) is 17.4. The molecule has 0 radical (unpaired) electrons. The van der Waals surface area contributed by atoms with E-state index in [1.54, 1.807) is 0 Å². The van der Waals surface area contributed by atoms with Crippen LogP contribution in [0.2, 0.25) is 10.0 Å². The topological polar surface area (TPSA) is 56.5 Å². The predicted octanol–water partition coefficient (Wildman–Crippen LogP) is 10.1. The average molecular weight is 694 g/mol. The highest BCUT2D eigenvalue weighted by Gasteiger charge is 2.41. The van der Waals surface area contributed by atoms with Crippen molar-refractivity contribution in [3.63, 3.8) is 0 Å². The molecule has 49 heavy (non-hydrogen) atoms. The van der Waals surface area contributed by atoms with Crippen LogP contribution in [0.5, 0.6) is 0 Å². The standard InChI is InChI=1S/C31H30ClNO.C12H16ClNO/c32-28-21-19-24(20-22-28)23-34-30-18-10-17-29(30)33-31(25-11-4-1-5-12-25,26-13-6-2-7-14-26)27-15-8-3-9-16-27;13-10-6-4-9(5-7-10)8-15-12-3-1-2-11(12)14/h1-9,11-16,19-22,29-30,33H,10,17-18,23H2;4-7,11-12H,1-3,8,14H2/t29-,30-;11-,12-/m11/s1. The first-order valence-electron chi connectivity index (χ1n) is 17.4. The van der Waals surface area contributed by atoms with Crippen LogP contribution in [0.15, 0.2) is 140 Å². The molecule has 2 fully saturated rings. The second-order valence-electron chi connectivity index (χ2n) is 13.1. The van der Waals surface area contributed by atoms with Crippen LogP contribution in [0.4, 0.5) is 0 Å². The predicted molar refractivity (Wildman–Crippen MR) is 202 cm³/mol. The summed E-state index contributed by atoms with van der Waals surface area (Å²) in [6, 6.07) is 48.5. The molecule has 254 valence electrons. The van der Waals surface area contributed by atoms with Crippen LogP contribution >= 0.6 is 23.2 Å².